The summed E-state index contributed by atoms with van der Waals surface area (Å²) in [6, 6.07) is 0. The summed E-state index contributed by atoms with van der Waals surface area (Å²) in [4.78, 5) is 22.6. The van der Waals surface area contributed by atoms with E-state index < -0.39 is 0 Å². The van der Waals surface area contributed by atoms with Gasteiger partial charge in [-0.05, 0) is 44.1 Å². The summed E-state index contributed by atoms with van der Waals surface area (Å²) in [7, 11) is 0. The minimum atomic E-state index is 0.131. The molecule has 1 aliphatic heterocycles. The van der Waals surface area contributed by atoms with Gasteiger partial charge in [-0.3, -0.25) is 9.36 Å². The van der Waals surface area contributed by atoms with Gasteiger partial charge in [0.1, 0.15) is 4.83 Å². The van der Waals surface area contributed by atoms with Crippen molar-refractivity contribution in [3.8, 4) is 0 Å². The summed E-state index contributed by atoms with van der Waals surface area (Å²) in [6.45, 7) is 6.36. The van der Waals surface area contributed by atoms with Crippen LogP contribution < -0.4 is 10.5 Å². The molecule has 2 aromatic rings. The topological polar surface area (TPSA) is 38.1 Å². The first-order valence-electron chi connectivity index (χ1n) is 8.20. The molecule has 0 N–H and O–H groups in total. The fourth-order valence-electron chi connectivity index (χ4n) is 3.68. The third kappa shape index (κ3) is 2.10. The van der Waals surface area contributed by atoms with Crippen molar-refractivity contribution in [2.45, 2.75) is 45.1 Å². The van der Waals surface area contributed by atoms with E-state index in [4.69, 9.17) is 4.98 Å². The number of anilines is 1. The second-order valence-corrected chi connectivity index (χ2v) is 7.29. The first-order chi connectivity index (χ1) is 10.8. The van der Waals surface area contributed by atoms with Gasteiger partial charge >= 0.3 is 0 Å². The van der Waals surface area contributed by atoms with Gasteiger partial charge in [0.2, 0.25) is 5.95 Å². The van der Waals surface area contributed by atoms with Crippen LogP contribution in [-0.2, 0) is 19.4 Å². The van der Waals surface area contributed by atoms with E-state index >= 15 is 0 Å². The van der Waals surface area contributed by atoms with E-state index in [-0.39, 0.29) is 5.56 Å². The molecule has 0 unspecified atom stereocenters. The fourth-order valence-corrected chi connectivity index (χ4v) is 4.93. The van der Waals surface area contributed by atoms with Gasteiger partial charge in [-0.2, -0.15) is 0 Å². The molecular weight excluding hydrogens is 294 g/mol. The van der Waals surface area contributed by atoms with E-state index in [9.17, 15) is 4.79 Å². The summed E-state index contributed by atoms with van der Waals surface area (Å²) < 4.78 is 1.82. The maximum Gasteiger partial charge on any atom is 0.264 e. The molecule has 5 heteroatoms. The molecule has 0 radical (unpaired) electrons. The molecule has 2 aromatic heterocycles. The Hall–Kier alpha value is -1.62. The maximum atomic E-state index is 13.1. The fraction of sp³-hybridized carbons (Fsp3) is 0.529. The van der Waals surface area contributed by atoms with Crippen LogP contribution in [0.4, 0.5) is 5.95 Å². The summed E-state index contributed by atoms with van der Waals surface area (Å²) in [6.07, 6.45) is 8.73. The molecule has 0 spiro atoms. The van der Waals surface area contributed by atoms with Crippen LogP contribution in [0, 0.1) is 0 Å². The highest BCUT2D eigenvalue weighted by atomic mass is 32.1. The zero-order valence-corrected chi connectivity index (χ0v) is 13.6. The van der Waals surface area contributed by atoms with Crippen molar-refractivity contribution < 1.29 is 0 Å². The number of aryl methyl sites for hydroxylation is 2. The number of hydrogen-bond acceptors (Lipinski definition) is 4. The predicted molar refractivity (Wildman–Crippen MR) is 92.2 cm³/mol. The first-order valence-corrected chi connectivity index (χ1v) is 9.02. The molecule has 1 aliphatic carbocycles. The molecule has 0 saturated carbocycles. The second kappa shape index (κ2) is 5.54. The summed E-state index contributed by atoms with van der Waals surface area (Å²) >= 11 is 1.74. The van der Waals surface area contributed by atoms with Crippen LogP contribution in [0.1, 0.15) is 36.1 Å². The Morgan fingerprint density at radius 3 is 2.73 bits per heavy atom. The van der Waals surface area contributed by atoms with Crippen molar-refractivity contribution in [2.75, 3.05) is 18.0 Å². The highest BCUT2D eigenvalue weighted by Crippen LogP contribution is 2.34. The van der Waals surface area contributed by atoms with Crippen LogP contribution >= 0.6 is 11.3 Å². The van der Waals surface area contributed by atoms with Gasteiger partial charge in [0.25, 0.3) is 5.56 Å². The highest BCUT2D eigenvalue weighted by Gasteiger charge is 2.24. The Morgan fingerprint density at radius 2 is 1.95 bits per heavy atom. The summed E-state index contributed by atoms with van der Waals surface area (Å²) in [5, 5.41) is 0.879. The summed E-state index contributed by atoms with van der Waals surface area (Å²) in [5.74, 6) is 0.841. The number of rotatable bonds is 3. The standard InChI is InChI=1S/C17H21N3OS/c1-2-9-20-16(21)14-12-7-3-4-8-13(12)22-15(14)18-17(20)19-10-5-6-11-19/h2H,1,3-11H2. The Morgan fingerprint density at radius 1 is 1.18 bits per heavy atom. The van der Waals surface area contributed by atoms with Gasteiger partial charge in [0, 0.05) is 24.5 Å². The lowest BCUT2D eigenvalue weighted by atomic mass is 9.97. The Bertz CT molecular complexity index is 783. The molecule has 0 aromatic carbocycles. The molecule has 0 atom stereocenters. The average molecular weight is 315 g/mol. The van der Waals surface area contributed by atoms with Crippen LogP contribution in [0.15, 0.2) is 17.4 Å². The number of aromatic nitrogens is 2. The Balaban J connectivity index is 1.97. The van der Waals surface area contributed by atoms with Gasteiger partial charge in [-0.1, -0.05) is 6.08 Å². The number of allylic oxidation sites excluding steroid dienone is 1. The smallest absolute Gasteiger partial charge is 0.264 e. The van der Waals surface area contributed by atoms with Gasteiger partial charge in [0.15, 0.2) is 0 Å². The molecule has 4 rings (SSSR count). The van der Waals surface area contributed by atoms with Gasteiger partial charge < -0.3 is 4.90 Å². The minimum absolute atomic E-state index is 0.131. The van der Waals surface area contributed by atoms with E-state index in [1.807, 2.05) is 4.57 Å². The van der Waals surface area contributed by atoms with E-state index in [0.29, 0.717) is 6.54 Å². The van der Waals surface area contributed by atoms with Gasteiger partial charge in [0.05, 0.1) is 5.39 Å². The van der Waals surface area contributed by atoms with Crippen LogP contribution in [0.5, 0.6) is 0 Å². The molecule has 116 valence electrons. The van der Waals surface area contributed by atoms with E-state index in [1.165, 1.54) is 36.1 Å². The molecule has 1 saturated heterocycles. The molecular formula is C17H21N3OS. The van der Waals surface area contributed by atoms with Crippen molar-refractivity contribution >= 4 is 27.5 Å². The zero-order chi connectivity index (χ0) is 15.1. The van der Waals surface area contributed by atoms with Gasteiger partial charge in [-0.25, -0.2) is 4.98 Å². The molecule has 22 heavy (non-hydrogen) atoms. The van der Waals surface area contributed by atoms with Gasteiger partial charge in [-0.15, -0.1) is 17.9 Å². The molecule has 3 heterocycles. The molecule has 1 fully saturated rings. The monoisotopic (exact) mass is 315 g/mol. The molecule has 4 nitrogen and oxygen atoms in total. The van der Waals surface area contributed by atoms with Crippen LogP contribution in [-0.4, -0.2) is 22.6 Å². The van der Waals surface area contributed by atoms with Crippen LogP contribution in [0.3, 0.4) is 0 Å². The average Bonchev–Trinajstić information content (AvgIpc) is 3.16. The van der Waals surface area contributed by atoms with Crippen molar-refractivity contribution in [1.82, 2.24) is 9.55 Å². The van der Waals surface area contributed by atoms with Crippen molar-refractivity contribution in [3.63, 3.8) is 0 Å². The molecule has 0 bridgehead atoms. The lowest BCUT2D eigenvalue weighted by Gasteiger charge is -2.20. The molecule has 0 amide bonds. The number of hydrogen-bond donors (Lipinski definition) is 0. The predicted octanol–water partition coefficient (Wildman–Crippen LogP) is 3.12. The zero-order valence-electron chi connectivity index (χ0n) is 12.8. The van der Waals surface area contributed by atoms with Crippen molar-refractivity contribution in [3.05, 3.63) is 33.4 Å². The van der Waals surface area contributed by atoms with E-state index in [2.05, 4.69) is 11.5 Å². The molecule has 2 aliphatic rings. The highest BCUT2D eigenvalue weighted by molar-refractivity contribution is 7.18. The first kappa shape index (κ1) is 14.0. The lowest BCUT2D eigenvalue weighted by Crippen LogP contribution is -2.31. The third-order valence-electron chi connectivity index (χ3n) is 4.76. The van der Waals surface area contributed by atoms with Crippen molar-refractivity contribution in [2.24, 2.45) is 0 Å². The van der Waals surface area contributed by atoms with Crippen LogP contribution in [0.2, 0.25) is 0 Å². The Kier molecular flexibility index (Phi) is 3.53. The largest absolute Gasteiger partial charge is 0.342 e. The van der Waals surface area contributed by atoms with E-state index in [0.717, 1.165) is 42.1 Å². The van der Waals surface area contributed by atoms with Crippen molar-refractivity contribution in [1.29, 1.82) is 0 Å². The Labute approximate surface area is 134 Å². The number of nitrogens with zero attached hydrogens (tertiary/aromatic N) is 3. The normalized spacial score (nSPS) is 17.9. The third-order valence-corrected chi connectivity index (χ3v) is 5.94. The SMILES string of the molecule is C=CCn1c(N2CCCC2)nc2sc3c(c2c1=O)CCCC3. The number of thiophene rings is 1. The quantitative estimate of drug-likeness (QED) is 0.817. The lowest BCUT2D eigenvalue weighted by molar-refractivity contribution is 0.696. The maximum absolute atomic E-state index is 13.1. The minimum Gasteiger partial charge on any atom is -0.342 e. The summed E-state index contributed by atoms with van der Waals surface area (Å²) in [5.41, 5.74) is 1.40. The van der Waals surface area contributed by atoms with Crippen LogP contribution in [0.25, 0.3) is 10.2 Å². The number of fused-ring (bicyclic) bond motifs is 3. The van der Waals surface area contributed by atoms with E-state index in [1.54, 1.807) is 17.4 Å². The second-order valence-electron chi connectivity index (χ2n) is 6.20.